The molecule has 13 heteroatoms. The Balaban J connectivity index is 1.20. The molecule has 3 saturated carbocycles. The normalized spacial score (nSPS) is 27.5. The van der Waals surface area contributed by atoms with E-state index in [9.17, 15) is 22.8 Å². The number of benzene rings is 2. The van der Waals surface area contributed by atoms with Crippen LogP contribution in [0.2, 0.25) is 0 Å². The van der Waals surface area contributed by atoms with Crippen LogP contribution in [0.1, 0.15) is 69.8 Å². The molecule has 1 saturated heterocycles. The number of aromatic nitrogens is 2. The summed E-state index contributed by atoms with van der Waals surface area (Å²) >= 11 is 0. The molecule has 50 heavy (non-hydrogen) atoms. The summed E-state index contributed by atoms with van der Waals surface area (Å²) in [5, 5.41) is 3.11. The van der Waals surface area contributed by atoms with Crippen molar-refractivity contribution in [2.24, 2.45) is 17.8 Å². The first-order valence-electron chi connectivity index (χ1n) is 17.7. The lowest BCUT2D eigenvalue weighted by Gasteiger charge is -2.27. The van der Waals surface area contributed by atoms with E-state index in [1.165, 1.54) is 0 Å². The van der Waals surface area contributed by atoms with E-state index in [2.05, 4.69) is 10.0 Å². The predicted molar refractivity (Wildman–Crippen MR) is 187 cm³/mol. The highest BCUT2D eigenvalue weighted by atomic mass is 32.2. The summed E-state index contributed by atoms with van der Waals surface area (Å²) in [6.07, 6.45) is 5.63. The van der Waals surface area contributed by atoms with E-state index in [-0.39, 0.29) is 24.7 Å². The fraction of sp³-hybridized carbons (Fsp3) is 0.541. The Morgan fingerprint density at radius 3 is 2.46 bits per heavy atom. The number of methoxy groups -OCH3 is 1. The number of nitrogens with one attached hydrogen (secondary N) is 2. The Morgan fingerprint density at radius 1 is 0.980 bits per heavy atom. The second kappa shape index (κ2) is 13.5. The summed E-state index contributed by atoms with van der Waals surface area (Å²) < 4.78 is 40.0. The van der Waals surface area contributed by atoms with E-state index in [0.29, 0.717) is 60.6 Å². The third-order valence-corrected chi connectivity index (χ3v) is 12.8. The average Bonchev–Trinajstić information content (AvgIpc) is 4.03. The molecule has 3 amide bonds. The fourth-order valence-electron chi connectivity index (χ4n) is 7.77. The van der Waals surface area contributed by atoms with Crippen molar-refractivity contribution in [2.45, 2.75) is 88.0 Å². The van der Waals surface area contributed by atoms with Gasteiger partial charge in [0.15, 0.2) is 5.82 Å². The van der Waals surface area contributed by atoms with Gasteiger partial charge in [0.1, 0.15) is 17.4 Å². The number of sulfonamides is 1. The second-order valence-corrected chi connectivity index (χ2v) is 16.4. The SMILES string of the molecule is COc1ccc2c(O[C@@H]3C[C@H]4C(=O)N[C@]5(C(=O)NS(=O)(=O)C6CC6)C[C@H]5CCCCCCN(C)C(=O)[C@@H]4C3)nc(-c3ccccc3)nc2c1C. The molecular weight excluding hydrogens is 659 g/mol. The number of carbonyl (C=O) groups is 3. The molecule has 12 nitrogen and oxygen atoms in total. The number of carbonyl (C=O) groups excluding carboxylic acids is 3. The van der Waals surface area contributed by atoms with E-state index in [1.54, 1.807) is 19.1 Å². The molecule has 0 spiro atoms. The molecule has 0 unspecified atom stereocenters. The van der Waals surface area contributed by atoms with Crippen LogP contribution in [0.3, 0.4) is 0 Å². The number of hydrogen-bond acceptors (Lipinski definition) is 9. The zero-order valence-corrected chi connectivity index (χ0v) is 29.6. The predicted octanol–water partition coefficient (Wildman–Crippen LogP) is 4.29. The molecule has 5 atom stereocenters. The van der Waals surface area contributed by atoms with Crippen LogP contribution in [-0.2, 0) is 24.4 Å². The lowest BCUT2D eigenvalue weighted by atomic mass is 9.92. The molecule has 2 aromatic carbocycles. The van der Waals surface area contributed by atoms with Gasteiger partial charge in [0, 0.05) is 24.7 Å². The van der Waals surface area contributed by atoms with Crippen LogP contribution in [0.25, 0.3) is 22.3 Å². The van der Waals surface area contributed by atoms with E-state index >= 15 is 0 Å². The maximum absolute atomic E-state index is 14.2. The minimum absolute atomic E-state index is 0.145. The van der Waals surface area contributed by atoms with Gasteiger partial charge in [0.25, 0.3) is 5.91 Å². The highest BCUT2D eigenvalue weighted by Crippen LogP contribution is 2.49. The second-order valence-electron chi connectivity index (χ2n) is 14.4. The van der Waals surface area contributed by atoms with Crippen molar-refractivity contribution >= 4 is 38.6 Å². The quantitative estimate of drug-likeness (QED) is 0.367. The van der Waals surface area contributed by atoms with Gasteiger partial charge in [-0.2, -0.15) is 4.98 Å². The number of ether oxygens (including phenoxy) is 2. The third kappa shape index (κ3) is 6.63. The summed E-state index contributed by atoms with van der Waals surface area (Å²) in [4.78, 5) is 53.3. The Bertz CT molecular complexity index is 1920. The van der Waals surface area contributed by atoms with Crippen molar-refractivity contribution in [2.75, 3.05) is 20.7 Å². The fourth-order valence-corrected chi connectivity index (χ4v) is 9.13. The number of nitrogens with zero attached hydrogens (tertiary/aromatic N) is 3. The lowest BCUT2D eigenvalue weighted by Crippen LogP contribution is -2.54. The molecule has 2 heterocycles. The molecule has 4 aliphatic rings. The number of rotatable bonds is 7. The molecule has 266 valence electrons. The minimum atomic E-state index is -3.80. The summed E-state index contributed by atoms with van der Waals surface area (Å²) in [7, 11) is -0.425. The molecule has 3 aliphatic carbocycles. The number of aryl methyl sites for hydroxylation is 1. The smallest absolute Gasteiger partial charge is 0.259 e. The Morgan fingerprint density at radius 2 is 1.72 bits per heavy atom. The van der Waals surface area contributed by atoms with E-state index in [4.69, 9.17) is 19.4 Å². The van der Waals surface area contributed by atoms with Gasteiger partial charge < -0.3 is 19.7 Å². The average molecular weight is 704 g/mol. The molecule has 1 aromatic heterocycles. The Kier molecular flexibility index (Phi) is 9.21. The molecule has 4 fully saturated rings. The third-order valence-electron chi connectivity index (χ3n) is 11.0. The summed E-state index contributed by atoms with van der Waals surface area (Å²) in [6, 6.07) is 13.3. The summed E-state index contributed by atoms with van der Waals surface area (Å²) in [5.74, 6) is -1.39. The number of hydrogen-bond donors (Lipinski definition) is 2. The van der Waals surface area contributed by atoms with Crippen molar-refractivity contribution in [3.8, 4) is 23.0 Å². The first-order chi connectivity index (χ1) is 24.0. The maximum Gasteiger partial charge on any atom is 0.259 e. The van der Waals surface area contributed by atoms with Crippen molar-refractivity contribution < 1.29 is 32.3 Å². The Labute approximate surface area is 292 Å². The zero-order valence-electron chi connectivity index (χ0n) is 28.8. The van der Waals surface area contributed by atoms with Gasteiger partial charge in [-0.1, -0.05) is 49.6 Å². The maximum atomic E-state index is 14.2. The van der Waals surface area contributed by atoms with Crippen LogP contribution in [0.5, 0.6) is 11.6 Å². The zero-order chi connectivity index (χ0) is 35.2. The van der Waals surface area contributed by atoms with Crippen LogP contribution < -0.4 is 19.5 Å². The van der Waals surface area contributed by atoms with Crippen molar-refractivity contribution in [1.82, 2.24) is 24.9 Å². The first kappa shape index (κ1) is 34.2. The van der Waals surface area contributed by atoms with Gasteiger partial charge in [-0.3, -0.25) is 19.1 Å². The van der Waals surface area contributed by atoms with Crippen LogP contribution in [0.4, 0.5) is 0 Å². The van der Waals surface area contributed by atoms with Crippen LogP contribution >= 0.6 is 0 Å². The first-order valence-corrected chi connectivity index (χ1v) is 19.3. The monoisotopic (exact) mass is 703 g/mol. The van der Waals surface area contributed by atoms with Gasteiger partial charge in [-0.15, -0.1) is 0 Å². The highest BCUT2D eigenvalue weighted by Gasteiger charge is 2.62. The number of fused-ring (bicyclic) bond motifs is 3. The standard InChI is InChI=1S/C37H45N5O7S/c1-22-30(48-3)17-16-27-31(22)38-32(23-11-7-6-8-12-23)39-34(27)49-25-19-28-29(20-25)35(44)42(2)18-10-5-4-9-13-24-21-37(24,40-33(28)43)36(45)41-50(46,47)26-14-15-26/h6-8,11-12,16-17,24-26,28-29H,4-5,9-10,13-15,18-21H2,1-3H3,(H,40,43)(H,41,45)/t24-,25-,28-,29-,37-/m1/s1. The van der Waals surface area contributed by atoms with Gasteiger partial charge in [0.2, 0.25) is 27.7 Å². The number of amides is 3. The highest BCUT2D eigenvalue weighted by molar-refractivity contribution is 7.91. The summed E-state index contributed by atoms with van der Waals surface area (Å²) in [6.45, 7) is 2.51. The van der Waals surface area contributed by atoms with Crippen LogP contribution in [0.15, 0.2) is 42.5 Å². The van der Waals surface area contributed by atoms with Gasteiger partial charge >= 0.3 is 0 Å². The van der Waals surface area contributed by atoms with Gasteiger partial charge in [-0.05, 0) is 69.9 Å². The van der Waals surface area contributed by atoms with E-state index in [1.807, 2.05) is 49.4 Å². The molecule has 7 rings (SSSR count). The molecule has 1 aliphatic heterocycles. The van der Waals surface area contributed by atoms with Crippen molar-refractivity contribution in [3.63, 3.8) is 0 Å². The topological polar surface area (TPSA) is 157 Å². The molecular formula is C37H45N5O7S. The lowest BCUT2D eigenvalue weighted by molar-refractivity contribution is -0.140. The summed E-state index contributed by atoms with van der Waals surface area (Å²) in [5.41, 5.74) is 0.998. The van der Waals surface area contributed by atoms with E-state index < -0.39 is 50.6 Å². The van der Waals surface area contributed by atoms with Crippen LogP contribution in [0, 0.1) is 24.7 Å². The van der Waals surface area contributed by atoms with Crippen LogP contribution in [-0.4, -0.2) is 78.6 Å². The molecule has 0 bridgehead atoms. The van der Waals surface area contributed by atoms with Crippen molar-refractivity contribution in [3.05, 3.63) is 48.0 Å². The van der Waals surface area contributed by atoms with Gasteiger partial charge in [-0.25, -0.2) is 13.4 Å². The largest absolute Gasteiger partial charge is 0.496 e. The Hall–Kier alpha value is -4.26. The molecule has 3 aromatic rings. The van der Waals surface area contributed by atoms with Crippen molar-refractivity contribution in [1.29, 1.82) is 0 Å². The molecule has 2 N–H and O–H groups in total. The molecule has 0 radical (unpaired) electrons. The van der Waals surface area contributed by atoms with Gasteiger partial charge in [0.05, 0.1) is 35.1 Å². The minimum Gasteiger partial charge on any atom is -0.496 e. The van der Waals surface area contributed by atoms with E-state index in [0.717, 1.165) is 36.8 Å².